The molecule has 0 aliphatic carbocycles. The van der Waals surface area contributed by atoms with Crippen LogP contribution in [0, 0.1) is 17.6 Å². The van der Waals surface area contributed by atoms with E-state index in [0.717, 1.165) is 38.2 Å². The Balaban J connectivity index is 1.40. The van der Waals surface area contributed by atoms with E-state index in [-0.39, 0.29) is 16.9 Å². The Morgan fingerprint density at radius 2 is 2.07 bits per heavy atom. The molecule has 0 saturated carbocycles. The molecule has 0 spiro atoms. The summed E-state index contributed by atoms with van der Waals surface area (Å²) in [6.07, 6.45) is 1.11. The highest BCUT2D eigenvalue weighted by atomic mass is 32.2. The van der Waals surface area contributed by atoms with E-state index in [9.17, 15) is 13.3 Å². The predicted molar refractivity (Wildman–Crippen MR) is 105 cm³/mol. The van der Waals surface area contributed by atoms with Gasteiger partial charge in [-0.15, -0.1) is 4.31 Å². The van der Waals surface area contributed by atoms with Crippen molar-refractivity contribution < 1.29 is 18.1 Å². The van der Waals surface area contributed by atoms with E-state index in [4.69, 9.17) is 10.5 Å². The van der Waals surface area contributed by atoms with Crippen LogP contribution in [0.1, 0.15) is 38.4 Å². The smallest absolute Gasteiger partial charge is 0.130 e. The molecule has 1 aromatic rings. The van der Waals surface area contributed by atoms with Crippen LogP contribution in [0.25, 0.3) is 0 Å². The maximum Gasteiger partial charge on any atom is 0.130 e. The average molecular weight is 414 g/mol. The molecule has 3 aliphatic heterocycles. The SMILES string of the molecule is CC(C)[S+]([O-])N1CCC2CN([C@H]3CO[C@H](c4cc(F)ccc4F)[C@@H](N)C3)CC21. The van der Waals surface area contributed by atoms with Crippen LogP contribution in [-0.4, -0.2) is 63.4 Å². The topological polar surface area (TPSA) is 64.8 Å². The van der Waals surface area contributed by atoms with Crippen molar-refractivity contribution in [1.29, 1.82) is 0 Å². The number of halogens is 2. The summed E-state index contributed by atoms with van der Waals surface area (Å²) in [4.78, 5) is 2.39. The Hall–Kier alpha value is -0.770. The quantitative estimate of drug-likeness (QED) is 0.767. The normalized spacial score (nSPS) is 35.5. The van der Waals surface area contributed by atoms with Gasteiger partial charge >= 0.3 is 0 Å². The minimum Gasteiger partial charge on any atom is -0.598 e. The van der Waals surface area contributed by atoms with Crippen LogP contribution in [0.4, 0.5) is 8.78 Å². The Morgan fingerprint density at radius 1 is 1.29 bits per heavy atom. The van der Waals surface area contributed by atoms with Gasteiger partial charge in [-0.05, 0) is 50.8 Å². The van der Waals surface area contributed by atoms with Crippen molar-refractivity contribution in [3.8, 4) is 0 Å². The zero-order valence-corrected chi connectivity index (χ0v) is 17.2. The number of nitrogens with zero attached hydrogens (tertiary/aromatic N) is 2. The van der Waals surface area contributed by atoms with Crippen molar-refractivity contribution in [3.63, 3.8) is 0 Å². The fraction of sp³-hybridized carbons (Fsp3) is 0.700. The second kappa shape index (κ2) is 8.16. The average Bonchev–Trinajstić information content (AvgIpc) is 3.24. The van der Waals surface area contributed by atoms with Crippen LogP contribution in [0.2, 0.25) is 0 Å². The van der Waals surface area contributed by atoms with Gasteiger partial charge in [0.25, 0.3) is 0 Å². The third-order valence-corrected chi connectivity index (χ3v) is 8.06. The summed E-state index contributed by atoms with van der Waals surface area (Å²) < 4.78 is 48.3. The zero-order chi connectivity index (χ0) is 20.0. The molecular weight excluding hydrogens is 384 g/mol. The van der Waals surface area contributed by atoms with Crippen molar-refractivity contribution in [3.05, 3.63) is 35.4 Å². The molecule has 6 atom stereocenters. The van der Waals surface area contributed by atoms with Crippen LogP contribution in [-0.2, 0) is 16.1 Å². The number of likely N-dealkylation sites (tertiary alicyclic amines) is 1. The van der Waals surface area contributed by atoms with E-state index in [1.54, 1.807) is 0 Å². The first kappa shape index (κ1) is 20.5. The van der Waals surface area contributed by atoms with Gasteiger partial charge in [0.15, 0.2) is 0 Å². The van der Waals surface area contributed by atoms with Gasteiger partial charge in [-0.3, -0.25) is 4.90 Å². The van der Waals surface area contributed by atoms with Crippen LogP contribution >= 0.6 is 0 Å². The molecule has 3 aliphatic rings. The molecule has 1 aromatic carbocycles. The van der Waals surface area contributed by atoms with Gasteiger partial charge in [0, 0.05) is 48.6 Å². The first-order valence-electron chi connectivity index (χ1n) is 10.1. The number of hydrogen-bond donors (Lipinski definition) is 1. The summed E-state index contributed by atoms with van der Waals surface area (Å²) in [7, 11) is 0. The number of nitrogens with two attached hydrogens (primary N) is 1. The number of fused-ring (bicyclic) bond motifs is 1. The minimum absolute atomic E-state index is 0.126. The first-order valence-corrected chi connectivity index (χ1v) is 11.3. The van der Waals surface area contributed by atoms with E-state index < -0.39 is 35.1 Å². The molecular formula is C20H29F2N3O2S. The Bertz CT molecular complexity index is 710. The summed E-state index contributed by atoms with van der Waals surface area (Å²) in [5.41, 5.74) is 6.52. The molecule has 5 nitrogen and oxygen atoms in total. The lowest BCUT2D eigenvalue weighted by molar-refractivity contribution is -0.0485. The Morgan fingerprint density at radius 3 is 2.79 bits per heavy atom. The minimum atomic E-state index is -0.947. The van der Waals surface area contributed by atoms with E-state index in [1.807, 2.05) is 13.8 Å². The Kier molecular flexibility index (Phi) is 5.98. The fourth-order valence-corrected chi connectivity index (χ4v) is 6.23. The third kappa shape index (κ3) is 3.82. The van der Waals surface area contributed by atoms with Crippen LogP contribution in [0.3, 0.4) is 0 Å². The van der Waals surface area contributed by atoms with Crippen molar-refractivity contribution in [2.24, 2.45) is 11.7 Å². The summed E-state index contributed by atoms with van der Waals surface area (Å²) >= 11 is -0.947. The lowest BCUT2D eigenvalue weighted by Gasteiger charge is -2.39. The highest BCUT2D eigenvalue weighted by molar-refractivity contribution is 7.89. The van der Waals surface area contributed by atoms with Gasteiger partial charge in [-0.2, -0.15) is 0 Å². The van der Waals surface area contributed by atoms with E-state index in [0.29, 0.717) is 25.0 Å². The molecule has 156 valence electrons. The van der Waals surface area contributed by atoms with Gasteiger partial charge in [0.2, 0.25) is 0 Å². The van der Waals surface area contributed by atoms with E-state index in [2.05, 4.69) is 9.21 Å². The summed E-state index contributed by atoms with van der Waals surface area (Å²) in [5.74, 6) is -0.444. The van der Waals surface area contributed by atoms with Crippen LogP contribution in [0.15, 0.2) is 18.2 Å². The van der Waals surface area contributed by atoms with Gasteiger partial charge in [-0.1, -0.05) is 0 Å². The fourth-order valence-electron chi connectivity index (χ4n) is 4.90. The highest BCUT2D eigenvalue weighted by Crippen LogP contribution is 2.38. The van der Waals surface area contributed by atoms with Crippen LogP contribution < -0.4 is 5.73 Å². The number of ether oxygens (including phenoxy) is 1. The van der Waals surface area contributed by atoms with Gasteiger partial charge in [-0.25, -0.2) is 8.78 Å². The second-order valence-corrected chi connectivity index (χ2v) is 10.5. The number of benzene rings is 1. The molecule has 3 fully saturated rings. The van der Waals surface area contributed by atoms with E-state index >= 15 is 0 Å². The monoisotopic (exact) mass is 413 g/mol. The standard InChI is InChI=1S/C20H29F2N3O2S/c1-12(2)28(26)25-6-5-13-9-24(10-19(13)25)15-8-18(23)20(27-11-15)16-7-14(21)3-4-17(16)22/h3-4,7,12-13,15,18-20H,5-6,8-11,23H2,1-2H3/t13?,15-,18+,19?,20-,28?/m1/s1. The lowest BCUT2D eigenvalue weighted by Crippen LogP contribution is -2.50. The van der Waals surface area contributed by atoms with Crippen molar-refractivity contribution in [2.75, 3.05) is 26.2 Å². The maximum absolute atomic E-state index is 14.1. The number of hydrogen-bond acceptors (Lipinski definition) is 5. The van der Waals surface area contributed by atoms with Crippen molar-refractivity contribution in [2.45, 2.75) is 56.2 Å². The molecule has 0 bridgehead atoms. The molecule has 0 radical (unpaired) electrons. The largest absolute Gasteiger partial charge is 0.598 e. The molecule has 4 rings (SSSR count). The molecule has 3 unspecified atom stereocenters. The number of rotatable bonds is 4. The van der Waals surface area contributed by atoms with Gasteiger partial charge in [0.05, 0.1) is 12.6 Å². The zero-order valence-electron chi connectivity index (χ0n) is 16.4. The summed E-state index contributed by atoms with van der Waals surface area (Å²) in [5, 5.41) is 0.126. The molecule has 0 aromatic heterocycles. The lowest BCUT2D eigenvalue weighted by atomic mass is 9.93. The summed E-state index contributed by atoms with van der Waals surface area (Å²) in [6.45, 7) is 7.15. The molecule has 3 saturated heterocycles. The highest BCUT2D eigenvalue weighted by Gasteiger charge is 2.49. The molecule has 28 heavy (non-hydrogen) atoms. The predicted octanol–water partition coefficient (Wildman–Crippen LogP) is 2.20. The van der Waals surface area contributed by atoms with Gasteiger partial charge in [0.1, 0.15) is 23.0 Å². The van der Waals surface area contributed by atoms with E-state index in [1.165, 1.54) is 6.07 Å². The Labute approximate surface area is 168 Å². The maximum atomic E-state index is 14.1. The summed E-state index contributed by atoms with van der Waals surface area (Å²) in [6, 6.07) is 3.49. The molecule has 8 heteroatoms. The van der Waals surface area contributed by atoms with Gasteiger partial charge < -0.3 is 15.0 Å². The van der Waals surface area contributed by atoms with Crippen LogP contribution in [0.5, 0.6) is 0 Å². The first-order chi connectivity index (χ1) is 13.3. The molecule has 0 amide bonds. The van der Waals surface area contributed by atoms with Crippen molar-refractivity contribution >= 4 is 11.4 Å². The van der Waals surface area contributed by atoms with Crippen molar-refractivity contribution in [1.82, 2.24) is 9.21 Å². The second-order valence-electron chi connectivity index (χ2n) is 8.51. The third-order valence-electron chi connectivity index (χ3n) is 6.34. The molecule has 3 heterocycles. The molecule has 2 N–H and O–H groups in total.